The normalized spacial score (nSPS) is 12.3. The second kappa shape index (κ2) is 9.56. The lowest BCUT2D eigenvalue weighted by atomic mass is 10.0. The summed E-state index contributed by atoms with van der Waals surface area (Å²) in [4.78, 5) is 25.2. The Labute approximate surface area is 172 Å². The highest BCUT2D eigenvalue weighted by atomic mass is 32.2. The third-order valence-electron chi connectivity index (χ3n) is 4.09. The fourth-order valence-electron chi connectivity index (χ4n) is 2.76. The molecule has 7 nitrogen and oxygen atoms in total. The maximum absolute atomic E-state index is 13.0. The number of nitrogens with one attached hydrogen (secondary N) is 3. The molecule has 2 aromatic rings. The van der Waals surface area contributed by atoms with E-state index in [1.165, 1.54) is 0 Å². The van der Waals surface area contributed by atoms with E-state index >= 15 is 0 Å². The van der Waals surface area contributed by atoms with Crippen molar-refractivity contribution in [3.63, 3.8) is 0 Å². The molecule has 3 N–H and O–H groups in total. The molecule has 2 amide bonds. The van der Waals surface area contributed by atoms with Gasteiger partial charge in [0.05, 0.1) is 11.9 Å². The minimum absolute atomic E-state index is 0.163. The van der Waals surface area contributed by atoms with E-state index in [1.807, 2.05) is 19.9 Å². The van der Waals surface area contributed by atoms with Gasteiger partial charge in [0, 0.05) is 12.1 Å². The number of benzene rings is 2. The summed E-state index contributed by atoms with van der Waals surface area (Å²) in [6.45, 7) is 5.62. The molecule has 0 spiro atoms. The van der Waals surface area contributed by atoms with Crippen molar-refractivity contribution in [3.05, 3.63) is 59.7 Å². The fourth-order valence-corrected chi connectivity index (χ4v) is 3.38. The van der Waals surface area contributed by atoms with Gasteiger partial charge in [-0.3, -0.25) is 14.3 Å². The average molecular weight is 418 g/mol. The summed E-state index contributed by atoms with van der Waals surface area (Å²) in [7, 11) is -3.45. The van der Waals surface area contributed by atoms with E-state index in [-0.39, 0.29) is 11.8 Å². The van der Waals surface area contributed by atoms with Crippen LogP contribution in [0.2, 0.25) is 0 Å². The number of carbonyl (C=O) groups excluding carboxylic acids is 2. The molecule has 0 fully saturated rings. The first-order valence-electron chi connectivity index (χ1n) is 9.29. The molecule has 0 aromatic heterocycles. The van der Waals surface area contributed by atoms with E-state index in [4.69, 9.17) is 0 Å². The highest BCUT2D eigenvalue weighted by Crippen LogP contribution is 2.23. The quantitative estimate of drug-likeness (QED) is 0.613. The van der Waals surface area contributed by atoms with Crippen LogP contribution in [0.25, 0.3) is 0 Å². The van der Waals surface area contributed by atoms with Crippen LogP contribution in [0, 0.1) is 12.8 Å². The van der Waals surface area contributed by atoms with Crippen molar-refractivity contribution in [1.29, 1.82) is 0 Å². The largest absolute Gasteiger partial charge is 0.341 e. The zero-order valence-electron chi connectivity index (χ0n) is 17.0. The van der Waals surface area contributed by atoms with Crippen molar-refractivity contribution in [1.82, 2.24) is 5.32 Å². The highest BCUT2D eigenvalue weighted by Gasteiger charge is 2.23. The molecule has 2 aromatic carbocycles. The maximum Gasteiger partial charge on any atom is 0.251 e. The lowest BCUT2D eigenvalue weighted by molar-refractivity contribution is -0.127. The molecule has 0 radical (unpaired) electrons. The van der Waals surface area contributed by atoms with E-state index < -0.39 is 22.0 Å². The predicted molar refractivity (Wildman–Crippen MR) is 115 cm³/mol. The van der Waals surface area contributed by atoms with Crippen molar-refractivity contribution < 1.29 is 18.0 Å². The zero-order chi connectivity index (χ0) is 21.6. The van der Waals surface area contributed by atoms with Gasteiger partial charge < -0.3 is 10.6 Å². The summed E-state index contributed by atoms with van der Waals surface area (Å²) in [5, 5.41) is 5.55. The van der Waals surface area contributed by atoms with E-state index in [0.29, 0.717) is 23.4 Å². The van der Waals surface area contributed by atoms with Crippen molar-refractivity contribution in [2.24, 2.45) is 5.92 Å². The number of rotatable bonds is 8. The lowest BCUT2D eigenvalue weighted by Gasteiger charge is -2.20. The zero-order valence-corrected chi connectivity index (χ0v) is 17.8. The van der Waals surface area contributed by atoms with E-state index in [2.05, 4.69) is 15.4 Å². The molecule has 2 rings (SSSR count). The number of hydrogen-bond acceptors (Lipinski definition) is 4. The molecule has 0 aliphatic carbocycles. The second-order valence-corrected chi connectivity index (χ2v) is 9.15. The molecule has 0 aliphatic rings. The van der Waals surface area contributed by atoms with E-state index in [1.54, 1.807) is 49.4 Å². The van der Waals surface area contributed by atoms with E-state index in [9.17, 15) is 18.0 Å². The standard InChI is InChI=1S/C21H27N3O4S/c1-14(2)12-19(25)23-20(16-8-6-5-7-9-16)21(26)22-17-11-10-15(3)18(13-17)24-29(4,27)28/h5-11,13-14,20,24H,12H2,1-4H3,(H,22,26)(H,23,25). The minimum atomic E-state index is -3.45. The molecule has 0 aliphatic heterocycles. The summed E-state index contributed by atoms with van der Waals surface area (Å²) in [6.07, 6.45) is 1.37. The topological polar surface area (TPSA) is 104 Å². The fraction of sp³-hybridized carbons (Fsp3) is 0.333. The van der Waals surface area contributed by atoms with Gasteiger partial charge >= 0.3 is 0 Å². The van der Waals surface area contributed by atoms with Crippen LogP contribution in [0.1, 0.15) is 37.4 Å². The molecule has 29 heavy (non-hydrogen) atoms. The van der Waals surface area contributed by atoms with Gasteiger partial charge in [-0.2, -0.15) is 0 Å². The number of anilines is 2. The predicted octanol–water partition coefficient (Wildman–Crippen LogP) is 3.21. The van der Waals surface area contributed by atoms with Gasteiger partial charge in [-0.1, -0.05) is 50.2 Å². The van der Waals surface area contributed by atoms with Crippen LogP contribution in [0.4, 0.5) is 11.4 Å². The Morgan fingerprint density at radius 1 is 1.03 bits per heavy atom. The number of aryl methyl sites for hydroxylation is 1. The Kier molecular flexibility index (Phi) is 7.39. The minimum Gasteiger partial charge on any atom is -0.341 e. The van der Waals surface area contributed by atoms with Crippen LogP contribution in [0.5, 0.6) is 0 Å². The first-order chi connectivity index (χ1) is 13.5. The van der Waals surface area contributed by atoms with Gasteiger partial charge in [0.2, 0.25) is 15.9 Å². The summed E-state index contributed by atoms with van der Waals surface area (Å²) in [5.41, 5.74) is 2.18. The maximum atomic E-state index is 13.0. The Bertz CT molecular complexity index is 973. The monoisotopic (exact) mass is 417 g/mol. The molecular weight excluding hydrogens is 390 g/mol. The average Bonchev–Trinajstić information content (AvgIpc) is 2.61. The summed E-state index contributed by atoms with van der Waals surface area (Å²) in [5.74, 6) is -0.467. The Hall–Kier alpha value is -2.87. The van der Waals surface area contributed by atoms with Gasteiger partial charge in [0.15, 0.2) is 0 Å². The Morgan fingerprint density at radius 2 is 1.69 bits per heavy atom. The number of amides is 2. The molecule has 0 saturated carbocycles. The molecule has 0 heterocycles. The molecule has 8 heteroatoms. The molecule has 1 atom stereocenters. The smallest absolute Gasteiger partial charge is 0.251 e. The van der Waals surface area contributed by atoms with Crippen LogP contribution in [0.15, 0.2) is 48.5 Å². The van der Waals surface area contributed by atoms with E-state index in [0.717, 1.165) is 11.8 Å². The van der Waals surface area contributed by atoms with Crippen molar-refractivity contribution >= 4 is 33.2 Å². The Balaban J connectivity index is 2.25. The number of hydrogen-bond donors (Lipinski definition) is 3. The van der Waals surface area contributed by atoms with Crippen LogP contribution in [-0.4, -0.2) is 26.5 Å². The van der Waals surface area contributed by atoms with Gasteiger partial charge in [-0.15, -0.1) is 0 Å². The first-order valence-corrected chi connectivity index (χ1v) is 11.2. The first kappa shape index (κ1) is 22.4. The number of sulfonamides is 1. The summed E-state index contributed by atoms with van der Waals surface area (Å²) < 4.78 is 25.5. The molecule has 0 saturated heterocycles. The SMILES string of the molecule is Cc1ccc(NC(=O)C(NC(=O)CC(C)C)c2ccccc2)cc1NS(C)(=O)=O. The summed E-state index contributed by atoms with van der Waals surface area (Å²) in [6, 6.07) is 13.0. The van der Waals surface area contributed by atoms with Crippen LogP contribution in [0.3, 0.4) is 0 Å². The van der Waals surface area contributed by atoms with Gasteiger partial charge in [-0.05, 0) is 36.1 Å². The van der Waals surface area contributed by atoms with Crippen LogP contribution >= 0.6 is 0 Å². The van der Waals surface area contributed by atoms with Gasteiger partial charge in [0.25, 0.3) is 5.91 Å². The highest BCUT2D eigenvalue weighted by molar-refractivity contribution is 7.92. The molecule has 1 unspecified atom stereocenters. The van der Waals surface area contributed by atoms with Crippen molar-refractivity contribution in [3.8, 4) is 0 Å². The van der Waals surface area contributed by atoms with Crippen molar-refractivity contribution in [2.45, 2.75) is 33.2 Å². The van der Waals surface area contributed by atoms with Crippen LogP contribution < -0.4 is 15.4 Å². The van der Waals surface area contributed by atoms with Crippen LogP contribution in [-0.2, 0) is 19.6 Å². The van der Waals surface area contributed by atoms with Crippen molar-refractivity contribution in [2.75, 3.05) is 16.3 Å². The third-order valence-corrected chi connectivity index (χ3v) is 4.69. The lowest BCUT2D eigenvalue weighted by Crippen LogP contribution is -2.37. The molecular formula is C21H27N3O4S. The molecule has 0 bridgehead atoms. The second-order valence-electron chi connectivity index (χ2n) is 7.40. The molecule has 156 valence electrons. The third kappa shape index (κ3) is 7.23. The van der Waals surface area contributed by atoms with Gasteiger partial charge in [0.1, 0.15) is 6.04 Å². The summed E-state index contributed by atoms with van der Waals surface area (Å²) >= 11 is 0. The Morgan fingerprint density at radius 3 is 2.28 bits per heavy atom. The number of carbonyl (C=O) groups is 2. The van der Waals surface area contributed by atoms with Gasteiger partial charge in [-0.25, -0.2) is 8.42 Å².